The van der Waals surface area contributed by atoms with Crippen LogP contribution in [0.1, 0.15) is 16.1 Å². The molecule has 1 amide bonds. The number of fused-ring (bicyclic) bond motifs is 1. The summed E-state index contributed by atoms with van der Waals surface area (Å²) in [6, 6.07) is 1.84. The van der Waals surface area contributed by atoms with Gasteiger partial charge in [-0.2, -0.15) is 0 Å². The van der Waals surface area contributed by atoms with Crippen molar-refractivity contribution in [2.45, 2.75) is 6.54 Å². The summed E-state index contributed by atoms with van der Waals surface area (Å²) in [6.07, 6.45) is 1.58. The fourth-order valence-electron chi connectivity index (χ4n) is 1.20. The van der Waals surface area contributed by atoms with E-state index in [0.717, 1.165) is 5.56 Å². The van der Waals surface area contributed by atoms with Crippen molar-refractivity contribution in [3.63, 3.8) is 0 Å². The highest BCUT2D eigenvalue weighted by atomic mass is 16.1. The summed E-state index contributed by atoms with van der Waals surface area (Å²) in [4.78, 5) is 14.7. The lowest BCUT2D eigenvalue weighted by Crippen LogP contribution is -2.17. The average molecular weight is 164 g/mol. The van der Waals surface area contributed by atoms with Crippen LogP contribution in [0.2, 0.25) is 0 Å². The molecule has 0 saturated carbocycles. The topological polar surface area (TPSA) is 80.0 Å². The van der Waals surface area contributed by atoms with Crippen molar-refractivity contribution in [1.29, 1.82) is 0 Å². The van der Waals surface area contributed by atoms with E-state index in [4.69, 9.17) is 5.73 Å². The molecule has 4 N–H and O–H groups in total. The molecule has 0 aromatic carbocycles. The first-order valence-corrected chi connectivity index (χ1v) is 3.55. The lowest BCUT2D eigenvalue weighted by molar-refractivity contribution is 0.0996. The van der Waals surface area contributed by atoms with Gasteiger partial charge in [0.25, 0.3) is 5.91 Å². The molecule has 5 heteroatoms. The molecule has 1 aliphatic heterocycles. The van der Waals surface area contributed by atoms with Crippen LogP contribution in [0.5, 0.6) is 0 Å². The standard InChI is InChI=1S/C7H8N4O/c8-7(12)6-5-4(1-2-9-6)3-10-11-5/h1-2,10-11H,3H2,(H2,8,12). The monoisotopic (exact) mass is 164 g/mol. The Morgan fingerprint density at radius 3 is 3.25 bits per heavy atom. The van der Waals surface area contributed by atoms with Crippen LogP contribution in [0, 0.1) is 0 Å². The molecule has 0 unspecified atom stereocenters. The van der Waals surface area contributed by atoms with Crippen LogP contribution < -0.4 is 16.6 Å². The lowest BCUT2D eigenvalue weighted by atomic mass is 10.2. The highest BCUT2D eigenvalue weighted by molar-refractivity contribution is 5.97. The largest absolute Gasteiger partial charge is 0.364 e. The third-order valence-electron chi connectivity index (χ3n) is 1.76. The SMILES string of the molecule is NC(=O)c1nccc2c1NNC2. The molecule has 0 bridgehead atoms. The van der Waals surface area contributed by atoms with Crippen LogP contribution in [-0.4, -0.2) is 10.9 Å². The van der Waals surface area contributed by atoms with Gasteiger partial charge in [-0.1, -0.05) is 0 Å². The number of anilines is 1. The maximum atomic E-state index is 10.9. The minimum Gasteiger partial charge on any atom is -0.364 e. The van der Waals surface area contributed by atoms with Gasteiger partial charge in [0.1, 0.15) is 0 Å². The van der Waals surface area contributed by atoms with Gasteiger partial charge < -0.3 is 11.2 Å². The summed E-state index contributed by atoms with van der Waals surface area (Å²) in [7, 11) is 0. The van der Waals surface area contributed by atoms with E-state index < -0.39 is 5.91 Å². The summed E-state index contributed by atoms with van der Waals surface area (Å²) in [5, 5.41) is 0. The predicted molar refractivity (Wildman–Crippen MR) is 43.2 cm³/mol. The number of primary amides is 1. The van der Waals surface area contributed by atoms with Crippen molar-refractivity contribution in [2.24, 2.45) is 5.73 Å². The van der Waals surface area contributed by atoms with Crippen molar-refractivity contribution in [3.8, 4) is 0 Å². The minimum atomic E-state index is -0.511. The summed E-state index contributed by atoms with van der Waals surface area (Å²) >= 11 is 0. The molecule has 62 valence electrons. The van der Waals surface area contributed by atoms with Gasteiger partial charge in [-0.05, 0) is 11.6 Å². The Morgan fingerprint density at radius 1 is 1.67 bits per heavy atom. The quantitative estimate of drug-likeness (QED) is 0.528. The van der Waals surface area contributed by atoms with Crippen LogP contribution in [-0.2, 0) is 6.54 Å². The van der Waals surface area contributed by atoms with Crippen molar-refractivity contribution in [2.75, 3.05) is 5.43 Å². The molecule has 5 nitrogen and oxygen atoms in total. The van der Waals surface area contributed by atoms with Crippen LogP contribution in [0.3, 0.4) is 0 Å². The number of aromatic nitrogens is 1. The number of rotatable bonds is 1. The van der Waals surface area contributed by atoms with Gasteiger partial charge >= 0.3 is 0 Å². The highest BCUT2D eigenvalue weighted by Gasteiger charge is 2.17. The molecule has 12 heavy (non-hydrogen) atoms. The van der Waals surface area contributed by atoms with E-state index in [1.165, 1.54) is 0 Å². The zero-order valence-corrected chi connectivity index (χ0v) is 6.29. The molecule has 0 saturated heterocycles. The van der Waals surface area contributed by atoms with E-state index in [1.54, 1.807) is 6.20 Å². The molecule has 0 atom stereocenters. The second kappa shape index (κ2) is 2.46. The molecule has 0 aliphatic carbocycles. The van der Waals surface area contributed by atoms with Crippen LogP contribution in [0.15, 0.2) is 12.3 Å². The van der Waals surface area contributed by atoms with Crippen molar-refractivity contribution in [3.05, 3.63) is 23.5 Å². The Kier molecular flexibility index (Phi) is 1.44. The van der Waals surface area contributed by atoms with E-state index in [0.29, 0.717) is 12.2 Å². The Hall–Kier alpha value is -1.62. The molecule has 0 spiro atoms. The van der Waals surface area contributed by atoms with Gasteiger partial charge in [-0.25, -0.2) is 10.4 Å². The zero-order valence-electron chi connectivity index (χ0n) is 6.29. The maximum Gasteiger partial charge on any atom is 0.269 e. The number of hydrazine groups is 1. The minimum absolute atomic E-state index is 0.289. The van der Waals surface area contributed by atoms with Gasteiger partial charge in [0.05, 0.1) is 5.69 Å². The van der Waals surface area contributed by atoms with Crippen LogP contribution in [0.25, 0.3) is 0 Å². The molecular weight excluding hydrogens is 156 g/mol. The number of carbonyl (C=O) groups excluding carboxylic acids is 1. The predicted octanol–water partition coefficient (Wildman–Crippen LogP) is -0.389. The number of amides is 1. The number of hydrogen-bond donors (Lipinski definition) is 3. The second-order valence-corrected chi connectivity index (χ2v) is 2.54. The highest BCUT2D eigenvalue weighted by Crippen LogP contribution is 2.21. The first-order valence-electron chi connectivity index (χ1n) is 3.55. The molecular formula is C7H8N4O. The summed E-state index contributed by atoms with van der Waals surface area (Å²) < 4.78 is 0. The number of nitrogens with zero attached hydrogens (tertiary/aromatic N) is 1. The van der Waals surface area contributed by atoms with Gasteiger partial charge in [0, 0.05) is 12.7 Å². The van der Waals surface area contributed by atoms with E-state index in [1.807, 2.05) is 6.07 Å². The van der Waals surface area contributed by atoms with Crippen molar-refractivity contribution < 1.29 is 4.79 Å². The van der Waals surface area contributed by atoms with E-state index in [-0.39, 0.29) is 5.69 Å². The zero-order chi connectivity index (χ0) is 8.55. The smallest absolute Gasteiger partial charge is 0.269 e. The maximum absolute atomic E-state index is 10.9. The summed E-state index contributed by atoms with van der Waals surface area (Å²) in [5.41, 5.74) is 12.8. The summed E-state index contributed by atoms with van der Waals surface area (Å²) in [6.45, 7) is 0.693. The van der Waals surface area contributed by atoms with Crippen LogP contribution >= 0.6 is 0 Å². The lowest BCUT2D eigenvalue weighted by Gasteiger charge is -2.01. The number of hydrogen-bond acceptors (Lipinski definition) is 4. The molecule has 2 heterocycles. The normalized spacial score (nSPS) is 13.7. The number of carbonyl (C=O) groups is 1. The Labute approximate surface area is 68.9 Å². The fraction of sp³-hybridized carbons (Fsp3) is 0.143. The molecule has 0 radical (unpaired) electrons. The Morgan fingerprint density at radius 2 is 2.50 bits per heavy atom. The summed E-state index contributed by atoms with van der Waals surface area (Å²) in [5.74, 6) is -0.511. The van der Waals surface area contributed by atoms with Crippen LogP contribution in [0.4, 0.5) is 5.69 Å². The molecule has 2 rings (SSSR count). The molecule has 1 aromatic rings. The van der Waals surface area contributed by atoms with E-state index in [2.05, 4.69) is 15.8 Å². The third-order valence-corrected chi connectivity index (χ3v) is 1.76. The Balaban J connectivity index is 2.56. The Bertz CT molecular complexity index is 336. The fourth-order valence-corrected chi connectivity index (χ4v) is 1.20. The van der Waals surface area contributed by atoms with Crippen molar-refractivity contribution in [1.82, 2.24) is 10.4 Å². The van der Waals surface area contributed by atoms with E-state index in [9.17, 15) is 4.79 Å². The first kappa shape index (κ1) is 7.05. The van der Waals surface area contributed by atoms with Gasteiger partial charge in [-0.15, -0.1) is 0 Å². The van der Waals surface area contributed by atoms with Crippen molar-refractivity contribution >= 4 is 11.6 Å². The van der Waals surface area contributed by atoms with Gasteiger partial charge in [0.2, 0.25) is 0 Å². The molecule has 1 aromatic heterocycles. The third kappa shape index (κ3) is 0.911. The first-order chi connectivity index (χ1) is 5.79. The average Bonchev–Trinajstić information content (AvgIpc) is 2.49. The number of nitrogens with one attached hydrogen (secondary N) is 2. The second-order valence-electron chi connectivity index (χ2n) is 2.54. The van der Waals surface area contributed by atoms with Gasteiger partial charge in [0.15, 0.2) is 5.69 Å². The van der Waals surface area contributed by atoms with Gasteiger partial charge in [-0.3, -0.25) is 4.79 Å². The molecule has 1 aliphatic rings. The number of pyridine rings is 1. The number of nitrogens with two attached hydrogens (primary N) is 1. The van der Waals surface area contributed by atoms with E-state index >= 15 is 0 Å². The molecule has 0 fully saturated rings.